The van der Waals surface area contributed by atoms with Crippen molar-refractivity contribution in [3.8, 4) is 0 Å². The molecule has 2 N–H and O–H groups in total. The van der Waals surface area contributed by atoms with Crippen molar-refractivity contribution >= 4 is 0 Å². The molecule has 1 saturated carbocycles. The lowest BCUT2D eigenvalue weighted by Gasteiger charge is -2.33. The number of rotatable bonds is 6. The normalized spacial score (nSPS) is 33.0. The summed E-state index contributed by atoms with van der Waals surface area (Å²) in [5, 5.41) is 0. The van der Waals surface area contributed by atoms with Crippen LogP contribution in [0.4, 0.5) is 13.2 Å². The Hall–Kier alpha value is -0.330. The Kier molecular flexibility index (Phi) is 4.18. The molecular weight excluding hydrogens is 247 g/mol. The van der Waals surface area contributed by atoms with Crippen LogP contribution < -0.4 is 5.73 Å². The fourth-order valence-electron chi connectivity index (χ4n) is 2.79. The van der Waals surface area contributed by atoms with E-state index >= 15 is 0 Å². The van der Waals surface area contributed by atoms with Crippen molar-refractivity contribution in [3.63, 3.8) is 0 Å². The van der Waals surface area contributed by atoms with Gasteiger partial charge in [0, 0.05) is 25.2 Å². The lowest BCUT2D eigenvalue weighted by molar-refractivity contribution is -0.175. The molecule has 1 saturated heterocycles. The van der Waals surface area contributed by atoms with Gasteiger partial charge in [0.25, 0.3) is 0 Å². The van der Waals surface area contributed by atoms with E-state index in [-0.39, 0.29) is 18.1 Å². The number of hydrogen-bond donors (Lipinski definition) is 1. The average Bonchev–Trinajstić information content (AvgIpc) is 3.05. The third kappa shape index (κ3) is 3.36. The van der Waals surface area contributed by atoms with Gasteiger partial charge < -0.3 is 15.2 Å². The molecule has 3 nitrogen and oxygen atoms in total. The van der Waals surface area contributed by atoms with Crippen molar-refractivity contribution in [2.45, 2.75) is 38.0 Å². The lowest BCUT2D eigenvalue weighted by atomic mass is 9.76. The molecule has 1 heterocycles. The van der Waals surface area contributed by atoms with Gasteiger partial charge in [-0.05, 0) is 31.6 Å². The maximum Gasteiger partial charge on any atom is 0.411 e. The highest BCUT2D eigenvalue weighted by molar-refractivity contribution is 4.99. The van der Waals surface area contributed by atoms with E-state index in [1.54, 1.807) is 0 Å². The molecule has 0 aromatic rings. The van der Waals surface area contributed by atoms with Gasteiger partial charge in [0.1, 0.15) is 6.61 Å². The smallest absolute Gasteiger partial charge is 0.377 e. The predicted molar refractivity (Wildman–Crippen MR) is 60.1 cm³/mol. The van der Waals surface area contributed by atoms with Crippen LogP contribution in [0.2, 0.25) is 0 Å². The first-order valence-corrected chi connectivity index (χ1v) is 6.43. The number of ether oxygens (including phenoxy) is 2. The topological polar surface area (TPSA) is 44.5 Å². The second kappa shape index (κ2) is 5.35. The Morgan fingerprint density at radius 3 is 2.61 bits per heavy atom. The van der Waals surface area contributed by atoms with E-state index in [0.717, 1.165) is 19.3 Å². The summed E-state index contributed by atoms with van der Waals surface area (Å²) < 4.78 is 46.3. The van der Waals surface area contributed by atoms with Gasteiger partial charge in [0.15, 0.2) is 0 Å². The summed E-state index contributed by atoms with van der Waals surface area (Å²) in [5.41, 5.74) is 5.66. The monoisotopic (exact) mass is 267 g/mol. The highest BCUT2D eigenvalue weighted by Crippen LogP contribution is 2.49. The van der Waals surface area contributed by atoms with Crippen LogP contribution in [0.5, 0.6) is 0 Å². The minimum absolute atomic E-state index is 0.100. The Labute approximate surface area is 105 Å². The molecule has 0 amide bonds. The zero-order chi connectivity index (χ0) is 13.2. The number of hydrogen-bond acceptors (Lipinski definition) is 3. The van der Waals surface area contributed by atoms with Gasteiger partial charge in [-0.2, -0.15) is 13.2 Å². The Morgan fingerprint density at radius 2 is 2.06 bits per heavy atom. The lowest BCUT2D eigenvalue weighted by Crippen LogP contribution is -2.40. The molecule has 0 aromatic carbocycles. The van der Waals surface area contributed by atoms with Crippen LogP contribution in [0.1, 0.15) is 25.7 Å². The van der Waals surface area contributed by atoms with Crippen LogP contribution in [-0.4, -0.2) is 38.6 Å². The van der Waals surface area contributed by atoms with Crippen molar-refractivity contribution in [1.82, 2.24) is 0 Å². The van der Waals surface area contributed by atoms with Gasteiger partial charge in [-0.25, -0.2) is 0 Å². The van der Waals surface area contributed by atoms with Crippen LogP contribution in [-0.2, 0) is 9.47 Å². The fraction of sp³-hybridized carbons (Fsp3) is 1.00. The molecule has 6 heteroatoms. The van der Waals surface area contributed by atoms with Gasteiger partial charge in [-0.15, -0.1) is 0 Å². The van der Waals surface area contributed by atoms with Crippen LogP contribution in [0.3, 0.4) is 0 Å². The largest absolute Gasteiger partial charge is 0.411 e. The number of alkyl halides is 3. The summed E-state index contributed by atoms with van der Waals surface area (Å²) in [6, 6.07) is 0. The molecule has 0 radical (unpaired) electrons. The second-order valence-electron chi connectivity index (χ2n) is 5.36. The summed E-state index contributed by atoms with van der Waals surface area (Å²) in [7, 11) is 0. The fourth-order valence-corrected chi connectivity index (χ4v) is 2.79. The maximum atomic E-state index is 12.0. The Morgan fingerprint density at radius 1 is 1.33 bits per heavy atom. The van der Waals surface area contributed by atoms with Gasteiger partial charge in [-0.1, -0.05) is 0 Å². The molecular formula is C12H20F3NO2. The molecule has 1 aliphatic carbocycles. The van der Waals surface area contributed by atoms with E-state index in [9.17, 15) is 13.2 Å². The first-order chi connectivity index (χ1) is 8.47. The summed E-state index contributed by atoms with van der Waals surface area (Å²) in [4.78, 5) is 0. The summed E-state index contributed by atoms with van der Waals surface area (Å²) in [6.07, 6.45) is -0.443. The van der Waals surface area contributed by atoms with Gasteiger partial charge in [-0.3, -0.25) is 0 Å². The number of halogens is 3. The molecule has 2 unspecified atom stereocenters. The van der Waals surface area contributed by atoms with Gasteiger partial charge in [0.05, 0.1) is 6.10 Å². The van der Waals surface area contributed by atoms with Crippen molar-refractivity contribution in [2.24, 2.45) is 17.1 Å². The highest BCUT2D eigenvalue weighted by Gasteiger charge is 2.49. The minimum atomic E-state index is -4.25. The third-order valence-corrected chi connectivity index (χ3v) is 3.97. The van der Waals surface area contributed by atoms with Crippen LogP contribution in [0, 0.1) is 11.3 Å². The average molecular weight is 267 g/mol. The molecule has 2 rings (SSSR count). The summed E-state index contributed by atoms with van der Waals surface area (Å²) in [5.74, 6) is 0.554. The first kappa shape index (κ1) is 14.1. The Balaban J connectivity index is 1.80. The molecule has 0 aromatic heterocycles. The van der Waals surface area contributed by atoms with E-state index in [2.05, 4.69) is 0 Å². The summed E-state index contributed by atoms with van der Waals surface area (Å²) >= 11 is 0. The molecule has 106 valence electrons. The third-order valence-electron chi connectivity index (χ3n) is 3.97. The maximum absolute atomic E-state index is 12.0. The van der Waals surface area contributed by atoms with Crippen molar-refractivity contribution in [3.05, 3.63) is 0 Å². The zero-order valence-electron chi connectivity index (χ0n) is 10.3. The van der Waals surface area contributed by atoms with Crippen LogP contribution >= 0.6 is 0 Å². The predicted octanol–water partition coefficient (Wildman–Crippen LogP) is 2.10. The molecule has 2 fully saturated rings. The highest BCUT2D eigenvalue weighted by atomic mass is 19.4. The minimum Gasteiger partial charge on any atom is -0.377 e. The zero-order valence-corrected chi connectivity index (χ0v) is 10.3. The van der Waals surface area contributed by atoms with Crippen molar-refractivity contribution < 1.29 is 22.6 Å². The second-order valence-corrected chi connectivity index (χ2v) is 5.36. The van der Waals surface area contributed by atoms with Gasteiger partial charge in [0.2, 0.25) is 0 Å². The van der Waals surface area contributed by atoms with Crippen molar-refractivity contribution in [2.75, 3.05) is 26.4 Å². The standard InChI is InChI=1S/C12H20F3NO2/c13-12(14,15)8-17-5-3-11(7-16)4-6-18-10(11)9-1-2-9/h9-10H,1-8,16H2. The molecule has 1 aliphatic heterocycles. The van der Waals surface area contributed by atoms with E-state index in [1.165, 1.54) is 0 Å². The van der Waals surface area contributed by atoms with E-state index in [4.69, 9.17) is 15.2 Å². The summed E-state index contributed by atoms with van der Waals surface area (Å²) in [6.45, 7) is 0.0487. The quantitative estimate of drug-likeness (QED) is 0.750. The van der Waals surface area contributed by atoms with Crippen LogP contribution in [0.25, 0.3) is 0 Å². The van der Waals surface area contributed by atoms with E-state index in [0.29, 0.717) is 25.5 Å². The SMILES string of the molecule is NCC1(CCOCC(F)(F)F)CCOC1C1CC1. The van der Waals surface area contributed by atoms with E-state index < -0.39 is 12.8 Å². The first-order valence-electron chi connectivity index (χ1n) is 6.43. The van der Waals surface area contributed by atoms with Crippen molar-refractivity contribution in [1.29, 1.82) is 0 Å². The molecule has 2 atom stereocenters. The molecule has 0 bridgehead atoms. The molecule has 18 heavy (non-hydrogen) atoms. The van der Waals surface area contributed by atoms with Gasteiger partial charge >= 0.3 is 6.18 Å². The molecule has 2 aliphatic rings. The number of nitrogens with two attached hydrogens (primary N) is 1. The van der Waals surface area contributed by atoms with E-state index in [1.807, 2.05) is 0 Å². The van der Waals surface area contributed by atoms with Crippen LogP contribution in [0.15, 0.2) is 0 Å². The molecule has 0 spiro atoms. The Bertz CT molecular complexity index is 281.